The molecule has 0 aliphatic carbocycles. The molecule has 3 aromatic rings. The highest BCUT2D eigenvalue weighted by Gasteiger charge is 2.21. The molecule has 2 heterocycles. The number of hydrogen-bond acceptors (Lipinski definition) is 5. The summed E-state index contributed by atoms with van der Waals surface area (Å²) in [6.07, 6.45) is 3.90. The standard InChI is InChI=1S/C10H6Cl2N2O2.C6H9NOS/c11-8-3-1-2-6(10(8)14(15)16)7-4-13-5-9(7)12;1-5-6(2-3-8)9-4-7-5/h1-5,13H;4,8H,2-3H2,1H3. The number of nitrogens with zero attached hydrogens (tertiary/aromatic N) is 2. The van der Waals surface area contributed by atoms with Crippen LogP contribution in [-0.4, -0.2) is 26.6 Å². The van der Waals surface area contributed by atoms with Crippen molar-refractivity contribution in [1.29, 1.82) is 0 Å². The summed E-state index contributed by atoms with van der Waals surface area (Å²) in [5.41, 5.74) is 3.69. The molecule has 0 radical (unpaired) electrons. The van der Waals surface area contributed by atoms with E-state index in [0.717, 1.165) is 12.1 Å². The van der Waals surface area contributed by atoms with E-state index in [0.29, 0.717) is 16.1 Å². The van der Waals surface area contributed by atoms with E-state index < -0.39 is 4.92 Å². The Labute approximate surface area is 158 Å². The van der Waals surface area contributed by atoms with Gasteiger partial charge in [0.15, 0.2) is 0 Å². The molecule has 9 heteroatoms. The molecule has 2 N–H and O–H groups in total. The fraction of sp³-hybridized carbons (Fsp3) is 0.188. The van der Waals surface area contributed by atoms with Crippen LogP contribution in [0.3, 0.4) is 0 Å². The summed E-state index contributed by atoms with van der Waals surface area (Å²) in [6.45, 7) is 2.19. The predicted molar refractivity (Wildman–Crippen MR) is 101 cm³/mol. The molecule has 0 amide bonds. The maximum absolute atomic E-state index is 10.9. The maximum atomic E-state index is 10.9. The second kappa shape index (κ2) is 8.96. The number of aliphatic hydroxyl groups excluding tert-OH is 1. The molecule has 0 saturated heterocycles. The molecule has 6 nitrogen and oxygen atoms in total. The lowest BCUT2D eigenvalue weighted by Gasteiger charge is -2.02. The smallest absolute Gasteiger partial charge is 0.295 e. The zero-order valence-electron chi connectivity index (χ0n) is 13.2. The quantitative estimate of drug-likeness (QED) is 0.482. The SMILES string of the molecule is Cc1ncsc1CCO.O=[N+]([O-])c1c(Cl)cccc1-c1c[nH]cc1Cl. The van der Waals surface area contributed by atoms with Crippen LogP contribution in [0.1, 0.15) is 10.6 Å². The molecule has 0 saturated carbocycles. The first-order valence-electron chi connectivity index (χ1n) is 7.21. The van der Waals surface area contributed by atoms with E-state index in [1.807, 2.05) is 6.92 Å². The van der Waals surface area contributed by atoms with Crippen LogP contribution in [0.25, 0.3) is 11.1 Å². The van der Waals surface area contributed by atoms with Crippen LogP contribution in [0.5, 0.6) is 0 Å². The highest BCUT2D eigenvalue weighted by atomic mass is 35.5. The van der Waals surface area contributed by atoms with Gasteiger partial charge in [-0.3, -0.25) is 10.1 Å². The van der Waals surface area contributed by atoms with Crippen LogP contribution in [0.15, 0.2) is 36.1 Å². The maximum Gasteiger partial charge on any atom is 0.295 e. The minimum absolute atomic E-state index is 0.0970. The summed E-state index contributed by atoms with van der Waals surface area (Å²) in [5, 5.41) is 20.0. The largest absolute Gasteiger partial charge is 0.396 e. The third-order valence-corrected chi connectivity index (χ3v) is 4.95. The van der Waals surface area contributed by atoms with Gasteiger partial charge in [0.1, 0.15) is 5.02 Å². The third kappa shape index (κ3) is 4.79. The molecule has 0 aliphatic rings. The molecular weight excluding hydrogens is 385 g/mol. The second-order valence-electron chi connectivity index (χ2n) is 4.94. The van der Waals surface area contributed by atoms with Gasteiger partial charge in [-0.1, -0.05) is 29.3 Å². The van der Waals surface area contributed by atoms with Crippen LogP contribution in [0.2, 0.25) is 10.0 Å². The lowest BCUT2D eigenvalue weighted by Crippen LogP contribution is -1.92. The van der Waals surface area contributed by atoms with E-state index in [1.54, 1.807) is 41.4 Å². The average Bonchev–Trinajstić information content (AvgIpc) is 3.16. The lowest BCUT2D eigenvalue weighted by atomic mass is 10.1. The number of hydrogen-bond donors (Lipinski definition) is 2. The number of nitro groups is 1. The average molecular weight is 400 g/mol. The summed E-state index contributed by atoms with van der Waals surface area (Å²) in [7, 11) is 0. The first kappa shape index (κ1) is 19.4. The highest BCUT2D eigenvalue weighted by Crippen LogP contribution is 2.38. The lowest BCUT2D eigenvalue weighted by molar-refractivity contribution is -0.384. The number of benzene rings is 1. The molecule has 0 atom stereocenters. The molecule has 132 valence electrons. The van der Waals surface area contributed by atoms with Crippen molar-refractivity contribution >= 4 is 40.2 Å². The molecule has 25 heavy (non-hydrogen) atoms. The van der Waals surface area contributed by atoms with Crippen LogP contribution in [0.4, 0.5) is 5.69 Å². The van der Waals surface area contributed by atoms with Gasteiger partial charge in [0.05, 0.1) is 26.7 Å². The molecule has 1 aromatic carbocycles. The summed E-state index contributed by atoms with van der Waals surface area (Å²) in [4.78, 5) is 18.4. The molecule has 0 spiro atoms. The van der Waals surface area contributed by atoms with Gasteiger partial charge in [-0.05, 0) is 19.1 Å². The van der Waals surface area contributed by atoms with Crippen molar-refractivity contribution in [1.82, 2.24) is 9.97 Å². The van der Waals surface area contributed by atoms with Crippen molar-refractivity contribution < 1.29 is 10.0 Å². The van der Waals surface area contributed by atoms with Gasteiger partial charge >= 0.3 is 0 Å². The van der Waals surface area contributed by atoms with E-state index in [4.69, 9.17) is 28.3 Å². The van der Waals surface area contributed by atoms with E-state index in [-0.39, 0.29) is 17.3 Å². The van der Waals surface area contributed by atoms with Crippen LogP contribution in [0, 0.1) is 17.0 Å². The van der Waals surface area contributed by atoms with E-state index in [1.165, 1.54) is 10.9 Å². The normalized spacial score (nSPS) is 10.2. The number of nitrogens with one attached hydrogen (secondary N) is 1. The molecule has 0 bridgehead atoms. The highest BCUT2D eigenvalue weighted by molar-refractivity contribution is 7.09. The van der Waals surface area contributed by atoms with Gasteiger partial charge in [0.25, 0.3) is 5.69 Å². The molecular formula is C16H15Cl2N3O3S. The number of aliphatic hydroxyl groups is 1. The Morgan fingerprint density at radius 3 is 2.56 bits per heavy atom. The summed E-state index contributed by atoms with van der Waals surface area (Å²) in [5.74, 6) is 0. The second-order valence-corrected chi connectivity index (χ2v) is 6.70. The number of thiazole rings is 1. The van der Waals surface area contributed by atoms with Crippen molar-refractivity contribution in [2.75, 3.05) is 6.61 Å². The topological polar surface area (TPSA) is 92.1 Å². The van der Waals surface area contributed by atoms with E-state index in [9.17, 15) is 10.1 Å². The minimum atomic E-state index is -0.513. The van der Waals surface area contributed by atoms with Gasteiger partial charge in [-0.25, -0.2) is 4.98 Å². The predicted octanol–water partition coefficient (Wildman–Crippen LogP) is 4.88. The number of nitro benzene ring substituents is 1. The summed E-state index contributed by atoms with van der Waals surface area (Å²) >= 11 is 13.3. The van der Waals surface area contributed by atoms with Gasteiger partial charge in [-0.2, -0.15) is 0 Å². The van der Waals surface area contributed by atoms with Gasteiger partial charge in [0, 0.05) is 35.9 Å². The molecule has 0 unspecified atom stereocenters. The van der Waals surface area contributed by atoms with E-state index in [2.05, 4.69) is 9.97 Å². The Morgan fingerprint density at radius 1 is 1.28 bits per heavy atom. The molecule has 0 aliphatic heterocycles. The minimum Gasteiger partial charge on any atom is -0.396 e. The van der Waals surface area contributed by atoms with Crippen molar-refractivity contribution in [3.05, 3.63) is 66.8 Å². The summed E-state index contributed by atoms with van der Waals surface area (Å²) in [6, 6.07) is 4.73. The molecule has 0 fully saturated rings. The number of H-pyrrole nitrogens is 1. The first-order valence-corrected chi connectivity index (χ1v) is 8.84. The fourth-order valence-corrected chi connectivity index (χ4v) is 3.37. The first-order chi connectivity index (χ1) is 12.0. The number of aryl methyl sites for hydroxylation is 1. The van der Waals surface area contributed by atoms with Gasteiger partial charge in [-0.15, -0.1) is 11.3 Å². The number of halogens is 2. The Kier molecular flexibility index (Phi) is 6.95. The van der Waals surface area contributed by atoms with Gasteiger partial charge < -0.3 is 10.1 Å². The fourth-order valence-electron chi connectivity index (χ4n) is 2.14. The number of para-hydroxylation sites is 1. The van der Waals surface area contributed by atoms with Crippen molar-refractivity contribution in [3.8, 4) is 11.1 Å². The van der Waals surface area contributed by atoms with Crippen LogP contribution in [-0.2, 0) is 6.42 Å². The molecule has 3 rings (SSSR count). The van der Waals surface area contributed by atoms with Crippen molar-refractivity contribution in [2.45, 2.75) is 13.3 Å². The molecule has 2 aromatic heterocycles. The summed E-state index contributed by atoms with van der Waals surface area (Å²) < 4.78 is 0. The number of aromatic nitrogens is 2. The van der Waals surface area contributed by atoms with E-state index >= 15 is 0 Å². The number of rotatable bonds is 4. The zero-order valence-corrected chi connectivity index (χ0v) is 15.5. The van der Waals surface area contributed by atoms with Crippen molar-refractivity contribution in [2.24, 2.45) is 0 Å². The zero-order chi connectivity index (χ0) is 18.4. The Bertz CT molecular complexity index is 864. The number of aromatic amines is 1. The third-order valence-electron chi connectivity index (χ3n) is 3.34. The van der Waals surface area contributed by atoms with Crippen LogP contribution < -0.4 is 0 Å². The Morgan fingerprint density at radius 2 is 2.04 bits per heavy atom. The van der Waals surface area contributed by atoms with Crippen molar-refractivity contribution in [3.63, 3.8) is 0 Å². The van der Waals surface area contributed by atoms with Crippen LogP contribution >= 0.6 is 34.5 Å². The Hall–Kier alpha value is -1.93. The van der Waals surface area contributed by atoms with Gasteiger partial charge in [0.2, 0.25) is 0 Å². The Balaban J connectivity index is 0.000000212. The monoisotopic (exact) mass is 399 g/mol.